The predicted molar refractivity (Wildman–Crippen MR) is 121 cm³/mol. The third-order valence-corrected chi connectivity index (χ3v) is 5.32. The lowest BCUT2D eigenvalue weighted by Gasteiger charge is -2.19. The number of nitrogens with zero attached hydrogens (tertiary/aromatic N) is 2. The van der Waals surface area contributed by atoms with Gasteiger partial charge in [-0.3, -0.25) is 14.4 Å². The smallest absolute Gasteiger partial charge is 0.263 e. The summed E-state index contributed by atoms with van der Waals surface area (Å²) in [5, 5.41) is 2.85. The molecule has 0 spiro atoms. The highest BCUT2D eigenvalue weighted by Crippen LogP contribution is 2.19. The van der Waals surface area contributed by atoms with E-state index >= 15 is 0 Å². The van der Waals surface area contributed by atoms with Crippen molar-refractivity contribution in [1.82, 2.24) is 9.47 Å². The van der Waals surface area contributed by atoms with Crippen LogP contribution in [0.25, 0.3) is 0 Å². The molecule has 162 valence electrons. The Balaban J connectivity index is 2.27. The Labute approximate surface area is 178 Å². The number of rotatable bonds is 8. The third kappa shape index (κ3) is 5.38. The fourth-order valence-corrected chi connectivity index (χ4v) is 3.33. The summed E-state index contributed by atoms with van der Waals surface area (Å²) in [5.74, 6) is 0.00549. The second-order valence-corrected chi connectivity index (χ2v) is 8.02. The van der Waals surface area contributed by atoms with Gasteiger partial charge in [-0.15, -0.1) is 0 Å². The van der Waals surface area contributed by atoms with Gasteiger partial charge in [-0.05, 0) is 75.4 Å². The molecule has 0 aliphatic heterocycles. The first kappa shape index (κ1) is 23.4. The topological polar surface area (TPSA) is 71.4 Å². The fraction of sp³-hybridized carbons (Fsp3) is 0.458. The lowest BCUT2D eigenvalue weighted by Crippen LogP contribution is -2.31. The van der Waals surface area contributed by atoms with Gasteiger partial charge >= 0.3 is 0 Å². The van der Waals surface area contributed by atoms with Crippen LogP contribution in [0.15, 0.2) is 35.3 Å². The number of benzene rings is 1. The number of hydrogen-bond donors (Lipinski definition) is 1. The summed E-state index contributed by atoms with van der Waals surface area (Å²) in [4.78, 5) is 40.1. The number of pyridine rings is 1. The molecular weight excluding hydrogens is 378 g/mol. The molecule has 1 aromatic carbocycles. The van der Waals surface area contributed by atoms with E-state index in [1.54, 1.807) is 46.9 Å². The molecule has 0 saturated heterocycles. The summed E-state index contributed by atoms with van der Waals surface area (Å²) in [6.45, 7) is 13.6. The molecule has 1 heterocycles. The Morgan fingerprint density at radius 1 is 1.07 bits per heavy atom. The molecule has 1 aromatic heterocycles. The molecule has 0 fully saturated rings. The molecule has 0 bridgehead atoms. The molecule has 6 heteroatoms. The van der Waals surface area contributed by atoms with E-state index in [1.165, 1.54) is 0 Å². The van der Waals surface area contributed by atoms with Crippen LogP contribution in [-0.2, 0) is 6.54 Å². The summed E-state index contributed by atoms with van der Waals surface area (Å²) in [7, 11) is 0. The highest BCUT2D eigenvalue weighted by Gasteiger charge is 2.18. The van der Waals surface area contributed by atoms with Gasteiger partial charge in [-0.1, -0.05) is 13.8 Å². The van der Waals surface area contributed by atoms with Crippen molar-refractivity contribution in [3.63, 3.8) is 0 Å². The first-order chi connectivity index (χ1) is 14.2. The zero-order valence-electron chi connectivity index (χ0n) is 18.9. The molecule has 2 aromatic rings. The number of nitrogens with one attached hydrogen (secondary N) is 1. The molecule has 0 unspecified atom stereocenters. The van der Waals surface area contributed by atoms with Crippen molar-refractivity contribution in [3.05, 3.63) is 63.1 Å². The molecule has 1 N–H and O–H groups in total. The fourth-order valence-electron chi connectivity index (χ4n) is 3.33. The summed E-state index contributed by atoms with van der Waals surface area (Å²) in [5.41, 5.74) is 2.47. The monoisotopic (exact) mass is 411 g/mol. The van der Waals surface area contributed by atoms with E-state index in [1.807, 2.05) is 20.8 Å². The van der Waals surface area contributed by atoms with Crippen LogP contribution in [-0.4, -0.2) is 34.4 Å². The van der Waals surface area contributed by atoms with Gasteiger partial charge in [0, 0.05) is 37.1 Å². The van der Waals surface area contributed by atoms with E-state index in [4.69, 9.17) is 0 Å². The Bertz CT molecular complexity index is 972. The quantitative estimate of drug-likeness (QED) is 0.706. The Morgan fingerprint density at radius 2 is 1.73 bits per heavy atom. The van der Waals surface area contributed by atoms with E-state index < -0.39 is 5.91 Å². The number of carbonyl (C=O) groups is 2. The summed E-state index contributed by atoms with van der Waals surface area (Å²) < 4.78 is 1.60. The van der Waals surface area contributed by atoms with E-state index in [9.17, 15) is 14.4 Å². The summed E-state index contributed by atoms with van der Waals surface area (Å²) in [6.07, 6.45) is 2.61. The van der Waals surface area contributed by atoms with Gasteiger partial charge in [0.15, 0.2) is 0 Å². The van der Waals surface area contributed by atoms with E-state index in [2.05, 4.69) is 19.2 Å². The lowest BCUT2D eigenvalue weighted by atomic mass is 10.1. The molecule has 0 aliphatic rings. The summed E-state index contributed by atoms with van der Waals surface area (Å²) >= 11 is 0. The average molecular weight is 412 g/mol. The second kappa shape index (κ2) is 10.2. The molecule has 6 nitrogen and oxygen atoms in total. The minimum Gasteiger partial charge on any atom is -0.339 e. The maximum absolute atomic E-state index is 12.9. The molecule has 0 radical (unpaired) electrons. The molecule has 2 amide bonds. The number of anilines is 1. The van der Waals surface area contributed by atoms with Crippen molar-refractivity contribution in [1.29, 1.82) is 0 Å². The maximum atomic E-state index is 12.9. The normalized spacial score (nSPS) is 10.9. The van der Waals surface area contributed by atoms with Crippen LogP contribution in [0.4, 0.5) is 5.69 Å². The zero-order chi connectivity index (χ0) is 22.4. The van der Waals surface area contributed by atoms with Crippen molar-refractivity contribution in [2.45, 2.75) is 54.5 Å². The molecule has 0 aliphatic carbocycles. The molecule has 2 rings (SSSR count). The van der Waals surface area contributed by atoms with Crippen molar-refractivity contribution in [3.8, 4) is 0 Å². The molecule has 0 atom stereocenters. The van der Waals surface area contributed by atoms with Crippen LogP contribution < -0.4 is 10.9 Å². The highest BCUT2D eigenvalue weighted by atomic mass is 16.2. The minimum absolute atomic E-state index is 0.0343. The van der Waals surface area contributed by atoms with Gasteiger partial charge < -0.3 is 14.8 Å². The van der Waals surface area contributed by atoms with Crippen LogP contribution in [0.2, 0.25) is 0 Å². The van der Waals surface area contributed by atoms with Crippen LogP contribution in [0.3, 0.4) is 0 Å². The zero-order valence-corrected chi connectivity index (χ0v) is 18.9. The lowest BCUT2D eigenvalue weighted by molar-refractivity contribution is 0.0772. The third-order valence-electron chi connectivity index (χ3n) is 5.32. The standard InChI is InChI=1S/C24H33N3O3/c1-7-26(8-2)23(29)19-9-10-20(18(6)15-19)25-22(28)21-17(5)12-14-27(24(21)30)13-11-16(3)4/h9-10,12,14-16H,7-8,11,13H2,1-6H3,(H,25,28). The Morgan fingerprint density at radius 3 is 2.30 bits per heavy atom. The van der Waals surface area contributed by atoms with Gasteiger partial charge in [0.1, 0.15) is 5.56 Å². The van der Waals surface area contributed by atoms with Crippen molar-refractivity contribution < 1.29 is 9.59 Å². The van der Waals surface area contributed by atoms with Crippen molar-refractivity contribution in [2.24, 2.45) is 5.92 Å². The SMILES string of the molecule is CCN(CC)C(=O)c1ccc(NC(=O)c2c(C)ccn(CCC(C)C)c2=O)c(C)c1. The number of aryl methyl sites for hydroxylation is 3. The Kier molecular flexibility index (Phi) is 7.98. The second-order valence-electron chi connectivity index (χ2n) is 8.02. The van der Waals surface area contributed by atoms with Gasteiger partial charge in [-0.25, -0.2) is 0 Å². The van der Waals surface area contributed by atoms with Crippen molar-refractivity contribution in [2.75, 3.05) is 18.4 Å². The highest BCUT2D eigenvalue weighted by molar-refractivity contribution is 6.05. The maximum Gasteiger partial charge on any atom is 0.263 e. The minimum atomic E-state index is -0.428. The van der Waals surface area contributed by atoms with E-state index in [0.717, 1.165) is 12.0 Å². The Hall–Kier alpha value is -2.89. The predicted octanol–water partition coefficient (Wildman–Crippen LogP) is 4.25. The number of carbonyl (C=O) groups excluding carboxylic acids is 2. The van der Waals surface area contributed by atoms with Gasteiger partial charge in [0.25, 0.3) is 17.4 Å². The van der Waals surface area contributed by atoms with Crippen molar-refractivity contribution >= 4 is 17.5 Å². The number of amides is 2. The van der Waals surface area contributed by atoms with Gasteiger partial charge in [0.2, 0.25) is 0 Å². The molecular formula is C24H33N3O3. The first-order valence-electron chi connectivity index (χ1n) is 10.6. The molecule has 0 saturated carbocycles. The van der Waals surface area contributed by atoms with E-state index in [-0.39, 0.29) is 17.0 Å². The van der Waals surface area contributed by atoms with Crippen LogP contribution in [0, 0.1) is 19.8 Å². The largest absolute Gasteiger partial charge is 0.339 e. The van der Waals surface area contributed by atoms with Crippen LogP contribution >= 0.6 is 0 Å². The van der Waals surface area contributed by atoms with Gasteiger partial charge in [-0.2, -0.15) is 0 Å². The number of aromatic nitrogens is 1. The van der Waals surface area contributed by atoms with Crippen LogP contribution in [0.1, 0.15) is 66.0 Å². The average Bonchev–Trinajstić information content (AvgIpc) is 2.69. The first-order valence-corrected chi connectivity index (χ1v) is 10.6. The van der Waals surface area contributed by atoms with Gasteiger partial charge in [0.05, 0.1) is 0 Å². The summed E-state index contributed by atoms with van der Waals surface area (Å²) in [6, 6.07) is 7.01. The van der Waals surface area contributed by atoms with E-state index in [0.29, 0.717) is 42.4 Å². The number of hydrogen-bond acceptors (Lipinski definition) is 3. The molecule has 30 heavy (non-hydrogen) atoms. The van der Waals surface area contributed by atoms with Crippen LogP contribution in [0.5, 0.6) is 0 Å².